The van der Waals surface area contributed by atoms with Crippen molar-refractivity contribution in [3.05, 3.63) is 30.3 Å². The molecule has 0 aromatic heterocycles. The molecular formula is C10H10O3S. The molecule has 0 fully saturated rings. The minimum atomic E-state index is -0.501. The first-order valence-electron chi connectivity index (χ1n) is 4.05. The Morgan fingerprint density at radius 1 is 1.29 bits per heavy atom. The molecule has 0 aliphatic carbocycles. The zero-order chi connectivity index (χ0) is 10.4. The van der Waals surface area contributed by atoms with Gasteiger partial charge in [-0.15, -0.1) is 0 Å². The van der Waals surface area contributed by atoms with Crippen molar-refractivity contribution < 1.29 is 14.3 Å². The molecule has 0 saturated carbocycles. The summed E-state index contributed by atoms with van der Waals surface area (Å²) < 4.78 is 4.39. The summed E-state index contributed by atoms with van der Waals surface area (Å²) in [5.74, 6) is -0.501. The highest BCUT2D eigenvalue weighted by Crippen LogP contribution is 2.19. The SMILES string of the molecule is COC(=O)CC(=O)Sc1ccccc1. The van der Waals surface area contributed by atoms with Gasteiger partial charge in [-0.05, 0) is 12.1 Å². The number of hydrogen-bond donors (Lipinski definition) is 0. The minimum Gasteiger partial charge on any atom is -0.469 e. The van der Waals surface area contributed by atoms with Gasteiger partial charge in [0.25, 0.3) is 0 Å². The van der Waals surface area contributed by atoms with Crippen LogP contribution < -0.4 is 0 Å². The van der Waals surface area contributed by atoms with Crippen LogP contribution >= 0.6 is 11.8 Å². The first-order chi connectivity index (χ1) is 6.72. The number of carbonyl (C=O) groups excluding carboxylic acids is 2. The van der Waals surface area contributed by atoms with Gasteiger partial charge < -0.3 is 4.74 Å². The number of thioether (sulfide) groups is 1. The third-order valence-electron chi connectivity index (χ3n) is 1.49. The maximum absolute atomic E-state index is 11.2. The number of methoxy groups -OCH3 is 1. The van der Waals surface area contributed by atoms with Crippen molar-refractivity contribution >= 4 is 22.8 Å². The number of benzene rings is 1. The molecule has 0 heterocycles. The van der Waals surface area contributed by atoms with Crippen molar-refractivity contribution in [1.29, 1.82) is 0 Å². The van der Waals surface area contributed by atoms with E-state index < -0.39 is 5.97 Å². The molecule has 0 unspecified atom stereocenters. The highest BCUT2D eigenvalue weighted by molar-refractivity contribution is 8.13. The predicted octanol–water partition coefficient (Wildman–Crippen LogP) is 1.87. The van der Waals surface area contributed by atoms with E-state index in [2.05, 4.69) is 4.74 Å². The van der Waals surface area contributed by atoms with E-state index in [0.717, 1.165) is 16.7 Å². The third-order valence-corrected chi connectivity index (χ3v) is 2.37. The van der Waals surface area contributed by atoms with Gasteiger partial charge in [0.15, 0.2) is 0 Å². The average molecular weight is 210 g/mol. The average Bonchev–Trinajstić information content (AvgIpc) is 2.19. The van der Waals surface area contributed by atoms with Crippen LogP contribution in [0.3, 0.4) is 0 Å². The fraction of sp³-hybridized carbons (Fsp3) is 0.200. The maximum atomic E-state index is 11.2. The molecular weight excluding hydrogens is 200 g/mol. The Kier molecular flexibility index (Phi) is 4.19. The summed E-state index contributed by atoms with van der Waals surface area (Å²) in [7, 11) is 1.27. The molecule has 0 aliphatic heterocycles. The first kappa shape index (κ1) is 10.8. The lowest BCUT2D eigenvalue weighted by molar-refractivity contribution is -0.141. The molecule has 3 nitrogen and oxygen atoms in total. The van der Waals surface area contributed by atoms with Crippen LogP contribution in [0.4, 0.5) is 0 Å². The topological polar surface area (TPSA) is 43.4 Å². The van der Waals surface area contributed by atoms with Crippen molar-refractivity contribution in [1.82, 2.24) is 0 Å². The van der Waals surface area contributed by atoms with Crippen LogP contribution in [-0.2, 0) is 14.3 Å². The molecule has 1 aromatic rings. The monoisotopic (exact) mass is 210 g/mol. The molecule has 0 aliphatic rings. The van der Waals surface area contributed by atoms with Gasteiger partial charge in [-0.1, -0.05) is 30.0 Å². The Balaban J connectivity index is 2.46. The summed E-state index contributed by atoms with van der Waals surface area (Å²) in [6, 6.07) is 9.19. The van der Waals surface area contributed by atoms with Crippen LogP contribution in [0.2, 0.25) is 0 Å². The zero-order valence-corrected chi connectivity index (χ0v) is 8.54. The van der Waals surface area contributed by atoms with E-state index >= 15 is 0 Å². The molecule has 74 valence electrons. The quantitative estimate of drug-likeness (QED) is 0.434. The van der Waals surface area contributed by atoms with Crippen LogP contribution in [0.1, 0.15) is 6.42 Å². The summed E-state index contributed by atoms with van der Waals surface area (Å²) in [6.07, 6.45) is -0.184. The van der Waals surface area contributed by atoms with Crippen LogP contribution in [0.25, 0.3) is 0 Å². The standard InChI is InChI=1S/C10H10O3S/c1-13-9(11)7-10(12)14-8-5-3-2-4-6-8/h2-6H,7H2,1H3. The van der Waals surface area contributed by atoms with Gasteiger partial charge in [0.2, 0.25) is 5.12 Å². The van der Waals surface area contributed by atoms with Gasteiger partial charge in [-0.3, -0.25) is 9.59 Å². The lowest BCUT2D eigenvalue weighted by Gasteiger charge is -1.98. The Hall–Kier alpha value is -1.29. The molecule has 0 bridgehead atoms. The predicted molar refractivity (Wildman–Crippen MR) is 53.9 cm³/mol. The van der Waals surface area contributed by atoms with Gasteiger partial charge in [-0.25, -0.2) is 0 Å². The Morgan fingerprint density at radius 2 is 1.93 bits per heavy atom. The first-order valence-corrected chi connectivity index (χ1v) is 4.86. The van der Waals surface area contributed by atoms with Crippen molar-refractivity contribution in [2.24, 2.45) is 0 Å². The Labute approximate surface area is 86.5 Å². The van der Waals surface area contributed by atoms with Gasteiger partial charge in [0.1, 0.15) is 6.42 Å². The summed E-state index contributed by atoms with van der Waals surface area (Å²) in [6.45, 7) is 0. The van der Waals surface area contributed by atoms with E-state index in [0.29, 0.717) is 0 Å². The molecule has 14 heavy (non-hydrogen) atoms. The molecule has 4 heteroatoms. The van der Waals surface area contributed by atoms with Crippen molar-refractivity contribution in [3.63, 3.8) is 0 Å². The summed E-state index contributed by atoms with van der Waals surface area (Å²) in [4.78, 5) is 22.8. The fourth-order valence-corrected chi connectivity index (χ4v) is 1.59. The highest BCUT2D eigenvalue weighted by Gasteiger charge is 2.10. The van der Waals surface area contributed by atoms with Crippen molar-refractivity contribution in [3.8, 4) is 0 Å². The molecule has 1 rings (SSSR count). The number of ether oxygens (including phenoxy) is 1. The summed E-state index contributed by atoms with van der Waals surface area (Å²) in [5, 5.41) is -0.206. The normalized spacial score (nSPS) is 9.50. The lowest BCUT2D eigenvalue weighted by atomic mass is 10.4. The number of rotatable bonds is 3. The zero-order valence-electron chi connectivity index (χ0n) is 7.73. The minimum absolute atomic E-state index is 0.184. The van der Waals surface area contributed by atoms with E-state index in [9.17, 15) is 9.59 Å². The van der Waals surface area contributed by atoms with E-state index in [1.165, 1.54) is 7.11 Å². The molecule has 0 radical (unpaired) electrons. The second kappa shape index (κ2) is 5.44. The molecule has 0 N–H and O–H groups in total. The highest BCUT2D eigenvalue weighted by atomic mass is 32.2. The fourth-order valence-electron chi connectivity index (χ4n) is 0.846. The molecule has 0 spiro atoms. The molecule has 0 atom stereocenters. The molecule has 0 amide bonds. The van der Waals surface area contributed by atoms with Crippen molar-refractivity contribution in [2.75, 3.05) is 7.11 Å². The van der Waals surface area contributed by atoms with E-state index in [1.807, 2.05) is 30.3 Å². The van der Waals surface area contributed by atoms with Crippen LogP contribution in [0.5, 0.6) is 0 Å². The molecule has 1 aromatic carbocycles. The Bertz CT molecular complexity index is 321. The summed E-state index contributed by atoms with van der Waals surface area (Å²) in [5.41, 5.74) is 0. The number of carbonyl (C=O) groups is 2. The number of esters is 1. The van der Waals surface area contributed by atoms with Gasteiger partial charge in [-0.2, -0.15) is 0 Å². The lowest BCUT2D eigenvalue weighted by Crippen LogP contribution is -2.05. The van der Waals surface area contributed by atoms with Crippen LogP contribution in [0, 0.1) is 0 Å². The van der Waals surface area contributed by atoms with Crippen molar-refractivity contribution in [2.45, 2.75) is 11.3 Å². The third kappa shape index (κ3) is 3.62. The van der Waals surface area contributed by atoms with E-state index in [1.54, 1.807) is 0 Å². The summed E-state index contributed by atoms with van der Waals surface area (Å²) >= 11 is 1.05. The van der Waals surface area contributed by atoms with E-state index in [4.69, 9.17) is 0 Å². The van der Waals surface area contributed by atoms with Gasteiger partial charge in [0, 0.05) is 4.90 Å². The second-order valence-corrected chi connectivity index (χ2v) is 3.67. The smallest absolute Gasteiger partial charge is 0.313 e. The Morgan fingerprint density at radius 3 is 2.50 bits per heavy atom. The van der Waals surface area contributed by atoms with Gasteiger partial charge in [0.05, 0.1) is 7.11 Å². The maximum Gasteiger partial charge on any atom is 0.313 e. The van der Waals surface area contributed by atoms with Crippen LogP contribution in [-0.4, -0.2) is 18.2 Å². The second-order valence-electron chi connectivity index (χ2n) is 2.54. The van der Waals surface area contributed by atoms with E-state index in [-0.39, 0.29) is 11.5 Å². The van der Waals surface area contributed by atoms with Gasteiger partial charge >= 0.3 is 5.97 Å². The number of hydrogen-bond acceptors (Lipinski definition) is 4. The largest absolute Gasteiger partial charge is 0.469 e. The van der Waals surface area contributed by atoms with Crippen LogP contribution in [0.15, 0.2) is 35.2 Å². The molecule has 0 saturated heterocycles.